The van der Waals surface area contributed by atoms with Gasteiger partial charge in [0, 0.05) is 19.0 Å². The summed E-state index contributed by atoms with van der Waals surface area (Å²) >= 11 is 0. The number of benzene rings is 2. The molecule has 5 nitrogen and oxygen atoms in total. The lowest BCUT2D eigenvalue weighted by atomic mass is 10.2. The van der Waals surface area contributed by atoms with E-state index in [-0.39, 0.29) is 5.75 Å². The van der Waals surface area contributed by atoms with Crippen molar-refractivity contribution in [1.82, 2.24) is 9.46 Å². The molecule has 0 atom stereocenters. The van der Waals surface area contributed by atoms with E-state index in [0.29, 0.717) is 17.8 Å². The number of hydrogen-bond acceptors (Lipinski definition) is 4. The summed E-state index contributed by atoms with van der Waals surface area (Å²) in [6.07, 6.45) is 0. The van der Waals surface area contributed by atoms with E-state index < -0.39 is 10.0 Å². The van der Waals surface area contributed by atoms with E-state index in [1.807, 2.05) is 48.5 Å². The first-order chi connectivity index (χ1) is 10.6. The van der Waals surface area contributed by atoms with Crippen LogP contribution < -0.4 is 0 Å². The maximum atomic E-state index is 12.5. The van der Waals surface area contributed by atoms with Gasteiger partial charge >= 0.3 is 0 Å². The van der Waals surface area contributed by atoms with Gasteiger partial charge in [0.1, 0.15) is 11.4 Å². The first-order valence-electron chi connectivity index (χ1n) is 6.87. The molecule has 0 radical (unpaired) electrons. The van der Waals surface area contributed by atoms with E-state index in [1.54, 1.807) is 13.1 Å². The summed E-state index contributed by atoms with van der Waals surface area (Å²) in [4.78, 5) is 0. The summed E-state index contributed by atoms with van der Waals surface area (Å²) in [6.45, 7) is 0.332. The molecule has 0 saturated heterocycles. The Balaban J connectivity index is 1.81. The molecule has 114 valence electrons. The molecule has 3 rings (SSSR count). The van der Waals surface area contributed by atoms with Crippen LogP contribution in [0, 0.1) is 0 Å². The molecule has 1 aromatic heterocycles. The molecule has 0 amide bonds. The van der Waals surface area contributed by atoms with Crippen LogP contribution in [0.1, 0.15) is 11.3 Å². The molecule has 0 N–H and O–H groups in total. The minimum absolute atomic E-state index is 0.173. The van der Waals surface area contributed by atoms with E-state index in [0.717, 1.165) is 10.9 Å². The number of para-hydroxylation sites is 1. The Hall–Kier alpha value is -2.18. The molecule has 0 saturated carbocycles. The third kappa shape index (κ3) is 3.03. The Morgan fingerprint density at radius 3 is 2.50 bits per heavy atom. The Morgan fingerprint density at radius 2 is 1.73 bits per heavy atom. The molecule has 0 aliphatic carbocycles. The highest BCUT2D eigenvalue weighted by Gasteiger charge is 2.22. The third-order valence-corrected chi connectivity index (χ3v) is 5.21. The Labute approximate surface area is 129 Å². The van der Waals surface area contributed by atoms with Gasteiger partial charge in [0.25, 0.3) is 0 Å². The van der Waals surface area contributed by atoms with Gasteiger partial charge in [-0.1, -0.05) is 47.6 Å². The van der Waals surface area contributed by atoms with Gasteiger partial charge in [-0.2, -0.15) is 0 Å². The van der Waals surface area contributed by atoms with Gasteiger partial charge in [0.05, 0.1) is 0 Å². The fraction of sp³-hybridized carbons (Fsp3) is 0.188. The van der Waals surface area contributed by atoms with E-state index in [9.17, 15) is 8.42 Å². The molecule has 3 aromatic rings. The highest BCUT2D eigenvalue weighted by molar-refractivity contribution is 7.88. The number of rotatable bonds is 5. The van der Waals surface area contributed by atoms with Gasteiger partial charge in [-0.25, -0.2) is 12.7 Å². The van der Waals surface area contributed by atoms with Crippen molar-refractivity contribution >= 4 is 21.0 Å². The molecule has 22 heavy (non-hydrogen) atoms. The molecule has 0 spiro atoms. The summed E-state index contributed by atoms with van der Waals surface area (Å²) in [5.74, 6) is -0.173. The Bertz CT molecular complexity index is 873. The van der Waals surface area contributed by atoms with Crippen molar-refractivity contribution < 1.29 is 12.9 Å². The molecular weight excluding hydrogens is 300 g/mol. The fourth-order valence-electron chi connectivity index (χ4n) is 2.26. The summed E-state index contributed by atoms with van der Waals surface area (Å²) in [5, 5.41) is 4.62. The summed E-state index contributed by atoms with van der Waals surface area (Å²) < 4.78 is 31.5. The van der Waals surface area contributed by atoms with E-state index in [2.05, 4.69) is 5.16 Å². The number of nitrogens with zero attached hydrogens (tertiary/aromatic N) is 2. The number of hydrogen-bond donors (Lipinski definition) is 0. The number of aromatic nitrogens is 1. The van der Waals surface area contributed by atoms with Crippen LogP contribution in [0.2, 0.25) is 0 Å². The van der Waals surface area contributed by atoms with Gasteiger partial charge in [-0.15, -0.1) is 0 Å². The molecule has 0 bridgehead atoms. The molecule has 1 heterocycles. The van der Waals surface area contributed by atoms with Crippen LogP contribution >= 0.6 is 0 Å². The minimum Gasteiger partial charge on any atom is -0.356 e. The summed E-state index contributed by atoms with van der Waals surface area (Å²) in [7, 11) is -1.89. The topological polar surface area (TPSA) is 63.4 Å². The average Bonchev–Trinajstić information content (AvgIpc) is 2.91. The largest absolute Gasteiger partial charge is 0.356 e. The van der Waals surface area contributed by atoms with Crippen molar-refractivity contribution in [2.75, 3.05) is 7.05 Å². The van der Waals surface area contributed by atoms with Crippen LogP contribution in [0.3, 0.4) is 0 Å². The van der Waals surface area contributed by atoms with Crippen LogP contribution in [0.15, 0.2) is 59.1 Å². The zero-order valence-corrected chi connectivity index (χ0v) is 13.0. The highest BCUT2D eigenvalue weighted by atomic mass is 32.2. The van der Waals surface area contributed by atoms with Gasteiger partial charge in [-0.05, 0) is 17.7 Å². The van der Waals surface area contributed by atoms with Crippen LogP contribution in [0.5, 0.6) is 0 Å². The fourth-order valence-corrected chi connectivity index (χ4v) is 3.38. The molecular formula is C16H16N2O3S. The molecule has 0 aliphatic heterocycles. The monoisotopic (exact) mass is 316 g/mol. The minimum atomic E-state index is -3.46. The maximum Gasteiger partial charge on any atom is 0.220 e. The van der Waals surface area contributed by atoms with Crippen molar-refractivity contribution in [3.8, 4) is 0 Å². The van der Waals surface area contributed by atoms with Crippen LogP contribution in [0.4, 0.5) is 0 Å². The molecule has 0 unspecified atom stereocenters. The van der Waals surface area contributed by atoms with Crippen LogP contribution in [0.25, 0.3) is 11.0 Å². The summed E-state index contributed by atoms with van der Waals surface area (Å²) in [5.41, 5.74) is 1.98. The standard InChI is InChI=1S/C16H16N2O3S/c1-18(11-13-7-3-2-4-8-13)22(19,20)12-15-14-9-5-6-10-16(14)21-17-15/h2-10H,11-12H2,1H3. The zero-order valence-electron chi connectivity index (χ0n) is 12.1. The van der Waals surface area contributed by atoms with E-state index >= 15 is 0 Å². The van der Waals surface area contributed by atoms with Gasteiger partial charge in [0.2, 0.25) is 10.0 Å². The van der Waals surface area contributed by atoms with Crippen LogP contribution in [-0.4, -0.2) is 24.9 Å². The van der Waals surface area contributed by atoms with Crippen molar-refractivity contribution in [3.05, 3.63) is 65.9 Å². The first kappa shape index (κ1) is 14.7. The smallest absolute Gasteiger partial charge is 0.220 e. The highest BCUT2D eigenvalue weighted by Crippen LogP contribution is 2.21. The second-order valence-electron chi connectivity index (χ2n) is 5.12. The normalized spacial score (nSPS) is 12.1. The van der Waals surface area contributed by atoms with Gasteiger partial charge in [0.15, 0.2) is 5.58 Å². The lowest BCUT2D eigenvalue weighted by Crippen LogP contribution is -2.27. The second kappa shape index (κ2) is 5.90. The second-order valence-corrected chi connectivity index (χ2v) is 7.20. The van der Waals surface area contributed by atoms with Gasteiger partial charge < -0.3 is 4.52 Å². The average molecular weight is 316 g/mol. The van der Waals surface area contributed by atoms with Crippen LogP contribution in [-0.2, 0) is 22.3 Å². The molecule has 0 fully saturated rings. The zero-order chi connectivity index (χ0) is 15.6. The van der Waals surface area contributed by atoms with E-state index in [4.69, 9.17) is 4.52 Å². The predicted octanol–water partition coefficient (Wildman–Crippen LogP) is 2.79. The lowest BCUT2D eigenvalue weighted by molar-refractivity contribution is 0.442. The number of fused-ring (bicyclic) bond motifs is 1. The molecule has 0 aliphatic rings. The molecule has 6 heteroatoms. The quantitative estimate of drug-likeness (QED) is 0.726. The number of sulfonamides is 1. The van der Waals surface area contributed by atoms with Crippen molar-refractivity contribution in [1.29, 1.82) is 0 Å². The van der Waals surface area contributed by atoms with Crippen molar-refractivity contribution in [3.63, 3.8) is 0 Å². The third-order valence-electron chi connectivity index (χ3n) is 3.49. The van der Waals surface area contributed by atoms with Crippen molar-refractivity contribution in [2.24, 2.45) is 0 Å². The van der Waals surface area contributed by atoms with Gasteiger partial charge in [-0.3, -0.25) is 0 Å². The predicted molar refractivity (Wildman–Crippen MR) is 84.5 cm³/mol. The lowest BCUT2D eigenvalue weighted by Gasteiger charge is -2.16. The Morgan fingerprint density at radius 1 is 1.05 bits per heavy atom. The first-order valence-corrected chi connectivity index (χ1v) is 8.48. The SMILES string of the molecule is CN(Cc1ccccc1)S(=O)(=O)Cc1noc2ccccc12. The van der Waals surface area contributed by atoms with Crippen molar-refractivity contribution in [2.45, 2.75) is 12.3 Å². The summed E-state index contributed by atoms with van der Waals surface area (Å²) in [6, 6.07) is 16.7. The van der Waals surface area contributed by atoms with E-state index in [1.165, 1.54) is 4.31 Å². The maximum absolute atomic E-state index is 12.5. The molecule has 2 aromatic carbocycles. The Kier molecular flexibility index (Phi) is 3.96.